The number of carbonyl (C=O) groups is 2. The molecular formula is C17H13F3N2O4S. The topological polar surface area (TPSA) is 83.6 Å². The molecular weight excluding hydrogens is 385 g/mol. The lowest BCUT2D eigenvalue weighted by Gasteiger charge is -2.16. The molecule has 2 aromatic carbocycles. The average molecular weight is 398 g/mol. The maximum Gasteiger partial charge on any atom is 0.416 e. The number of nitrogens with one attached hydrogen (secondary N) is 1. The van der Waals surface area contributed by atoms with Crippen molar-refractivity contribution in [3.8, 4) is 0 Å². The molecule has 1 saturated heterocycles. The summed E-state index contributed by atoms with van der Waals surface area (Å²) in [6.07, 6.45) is -4.70. The number of alkyl halides is 3. The van der Waals surface area contributed by atoms with Crippen LogP contribution in [0, 0.1) is 0 Å². The van der Waals surface area contributed by atoms with E-state index in [1.54, 1.807) is 0 Å². The van der Waals surface area contributed by atoms with E-state index < -0.39 is 33.6 Å². The molecule has 1 fully saturated rings. The summed E-state index contributed by atoms with van der Waals surface area (Å²) in [5.41, 5.74) is -0.970. The van der Waals surface area contributed by atoms with Gasteiger partial charge in [0.05, 0.1) is 17.0 Å². The van der Waals surface area contributed by atoms with E-state index >= 15 is 0 Å². The van der Waals surface area contributed by atoms with Crippen LogP contribution in [0.5, 0.6) is 0 Å². The SMILES string of the molecule is O=C(Nc1cccc(C(F)(F)F)c1)c1cccc(N2C(=O)CCS2(=O)=O)c1. The molecule has 0 bridgehead atoms. The van der Waals surface area contributed by atoms with Gasteiger partial charge >= 0.3 is 6.18 Å². The fourth-order valence-corrected chi connectivity index (χ4v) is 4.07. The van der Waals surface area contributed by atoms with Gasteiger partial charge in [0.25, 0.3) is 5.91 Å². The average Bonchev–Trinajstić information content (AvgIpc) is 2.87. The fraction of sp³-hybridized carbons (Fsp3) is 0.176. The Hall–Kier alpha value is -2.88. The molecule has 0 spiro atoms. The van der Waals surface area contributed by atoms with Crippen LogP contribution in [0.3, 0.4) is 0 Å². The molecule has 142 valence electrons. The maximum atomic E-state index is 12.8. The number of carbonyl (C=O) groups excluding carboxylic acids is 2. The summed E-state index contributed by atoms with van der Waals surface area (Å²) in [6.45, 7) is 0. The molecule has 1 aliphatic rings. The van der Waals surface area contributed by atoms with Crippen LogP contribution in [-0.2, 0) is 21.0 Å². The summed E-state index contributed by atoms with van der Waals surface area (Å²) in [4.78, 5) is 24.2. The zero-order valence-electron chi connectivity index (χ0n) is 13.7. The van der Waals surface area contributed by atoms with Crippen LogP contribution in [0.25, 0.3) is 0 Å². The molecule has 0 aliphatic carbocycles. The molecule has 2 aromatic rings. The number of anilines is 2. The van der Waals surface area contributed by atoms with Crippen molar-refractivity contribution in [2.45, 2.75) is 12.6 Å². The minimum Gasteiger partial charge on any atom is -0.322 e. The second kappa shape index (κ2) is 6.69. The van der Waals surface area contributed by atoms with E-state index in [2.05, 4.69) is 5.32 Å². The molecule has 6 nitrogen and oxygen atoms in total. The number of hydrogen-bond donors (Lipinski definition) is 1. The molecule has 0 aromatic heterocycles. The third-order valence-corrected chi connectivity index (χ3v) is 5.56. The van der Waals surface area contributed by atoms with Crippen LogP contribution < -0.4 is 9.62 Å². The molecule has 0 atom stereocenters. The Morgan fingerprint density at radius 1 is 1.07 bits per heavy atom. The van der Waals surface area contributed by atoms with Crippen LogP contribution in [-0.4, -0.2) is 26.0 Å². The third-order valence-electron chi connectivity index (χ3n) is 3.87. The van der Waals surface area contributed by atoms with E-state index in [4.69, 9.17) is 0 Å². The lowest BCUT2D eigenvalue weighted by molar-refractivity contribution is -0.137. The molecule has 0 saturated carbocycles. The second-order valence-corrected chi connectivity index (χ2v) is 7.74. The zero-order valence-corrected chi connectivity index (χ0v) is 14.5. The van der Waals surface area contributed by atoms with Gasteiger partial charge in [-0.15, -0.1) is 0 Å². The molecule has 0 radical (unpaired) electrons. The first kappa shape index (κ1) is 18.9. The van der Waals surface area contributed by atoms with E-state index in [1.807, 2.05) is 0 Å². The van der Waals surface area contributed by atoms with Crippen molar-refractivity contribution < 1.29 is 31.2 Å². The van der Waals surface area contributed by atoms with E-state index in [0.29, 0.717) is 4.31 Å². The number of amides is 2. The number of sulfonamides is 1. The van der Waals surface area contributed by atoms with Gasteiger partial charge in [-0.05, 0) is 36.4 Å². The number of nitrogens with zero attached hydrogens (tertiary/aromatic N) is 1. The smallest absolute Gasteiger partial charge is 0.322 e. The summed E-state index contributed by atoms with van der Waals surface area (Å²) in [5.74, 6) is -1.65. The zero-order chi connectivity index (χ0) is 19.8. The second-order valence-electron chi connectivity index (χ2n) is 5.81. The van der Waals surface area contributed by atoms with Crippen LogP contribution in [0.2, 0.25) is 0 Å². The Balaban J connectivity index is 1.86. The molecule has 1 aliphatic heterocycles. The Bertz CT molecular complexity index is 1020. The van der Waals surface area contributed by atoms with Crippen molar-refractivity contribution in [2.24, 2.45) is 0 Å². The standard InChI is InChI=1S/C17H13F3N2O4S/c18-17(19,20)12-4-2-5-13(10-12)21-16(24)11-3-1-6-14(9-11)22-15(23)7-8-27(22,25)26/h1-6,9-10H,7-8H2,(H,21,24). The molecule has 10 heteroatoms. The number of benzene rings is 2. The third kappa shape index (κ3) is 3.95. The van der Waals surface area contributed by atoms with Gasteiger partial charge < -0.3 is 5.32 Å². The molecule has 2 amide bonds. The van der Waals surface area contributed by atoms with Crippen LogP contribution >= 0.6 is 0 Å². The quantitative estimate of drug-likeness (QED) is 0.862. The van der Waals surface area contributed by atoms with Gasteiger partial charge in [-0.3, -0.25) is 9.59 Å². The minimum atomic E-state index is -4.55. The summed E-state index contributed by atoms with van der Waals surface area (Å²) in [6, 6.07) is 9.43. The van der Waals surface area contributed by atoms with Crippen molar-refractivity contribution in [1.29, 1.82) is 0 Å². The molecule has 0 unspecified atom stereocenters. The highest BCUT2D eigenvalue weighted by molar-refractivity contribution is 7.94. The number of hydrogen-bond acceptors (Lipinski definition) is 4. The van der Waals surface area contributed by atoms with E-state index in [-0.39, 0.29) is 29.1 Å². The predicted molar refractivity (Wildman–Crippen MR) is 91.7 cm³/mol. The minimum absolute atomic E-state index is 0.000174. The van der Waals surface area contributed by atoms with E-state index in [1.165, 1.54) is 30.3 Å². The predicted octanol–water partition coefficient (Wildman–Crippen LogP) is 3.02. The molecule has 3 rings (SSSR count). The normalized spacial score (nSPS) is 16.4. The largest absolute Gasteiger partial charge is 0.416 e. The lowest BCUT2D eigenvalue weighted by atomic mass is 10.1. The van der Waals surface area contributed by atoms with Crippen molar-refractivity contribution >= 4 is 33.2 Å². The van der Waals surface area contributed by atoms with Crippen LogP contribution in [0.15, 0.2) is 48.5 Å². The van der Waals surface area contributed by atoms with Gasteiger partial charge in [0.1, 0.15) is 0 Å². The molecule has 1 N–H and O–H groups in total. The first-order valence-corrected chi connectivity index (χ1v) is 9.33. The summed E-state index contributed by atoms with van der Waals surface area (Å²) in [5, 5.41) is 2.33. The summed E-state index contributed by atoms with van der Waals surface area (Å²) < 4.78 is 62.9. The maximum absolute atomic E-state index is 12.8. The number of halogens is 3. The van der Waals surface area contributed by atoms with Gasteiger partial charge in [-0.25, -0.2) is 12.7 Å². The van der Waals surface area contributed by atoms with Crippen molar-refractivity contribution in [2.75, 3.05) is 15.4 Å². The first-order chi connectivity index (χ1) is 12.6. The van der Waals surface area contributed by atoms with Gasteiger partial charge in [-0.1, -0.05) is 12.1 Å². The van der Waals surface area contributed by atoms with Gasteiger partial charge in [0, 0.05) is 17.7 Å². The Morgan fingerprint density at radius 2 is 1.78 bits per heavy atom. The van der Waals surface area contributed by atoms with Gasteiger partial charge in [-0.2, -0.15) is 13.2 Å². The highest BCUT2D eigenvalue weighted by Crippen LogP contribution is 2.31. The summed E-state index contributed by atoms with van der Waals surface area (Å²) >= 11 is 0. The highest BCUT2D eigenvalue weighted by atomic mass is 32.2. The Morgan fingerprint density at radius 3 is 2.41 bits per heavy atom. The number of rotatable bonds is 3. The van der Waals surface area contributed by atoms with E-state index in [0.717, 1.165) is 18.2 Å². The Kier molecular flexibility index (Phi) is 4.68. The highest BCUT2D eigenvalue weighted by Gasteiger charge is 2.36. The van der Waals surface area contributed by atoms with Crippen LogP contribution in [0.4, 0.5) is 24.5 Å². The Labute approximate surface area is 152 Å². The van der Waals surface area contributed by atoms with Gasteiger partial charge in [0.2, 0.25) is 15.9 Å². The van der Waals surface area contributed by atoms with Crippen molar-refractivity contribution in [3.05, 3.63) is 59.7 Å². The van der Waals surface area contributed by atoms with Crippen molar-refractivity contribution in [3.63, 3.8) is 0 Å². The van der Waals surface area contributed by atoms with Crippen LogP contribution in [0.1, 0.15) is 22.3 Å². The first-order valence-electron chi connectivity index (χ1n) is 7.72. The van der Waals surface area contributed by atoms with Gasteiger partial charge in [0.15, 0.2) is 0 Å². The van der Waals surface area contributed by atoms with Crippen molar-refractivity contribution in [1.82, 2.24) is 0 Å². The lowest BCUT2D eigenvalue weighted by Crippen LogP contribution is -2.29. The monoisotopic (exact) mass is 398 g/mol. The fourth-order valence-electron chi connectivity index (χ4n) is 2.62. The molecule has 27 heavy (non-hydrogen) atoms. The summed E-state index contributed by atoms with van der Waals surface area (Å²) in [7, 11) is -3.79. The molecule has 1 heterocycles. The van der Waals surface area contributed by atoms with E-state index in [9.17, 15) is 31.2 Å².